The van der Waals surface area contributed by atoms with Crippen LogP contribution in [-0.2, 0) is 11.3 Å². The molecule has 1 aliphatic heterocycles. The molecule has 21 heavy (non-hydrogen) atoms. The van der Waals surface area contributed by atoms with Crippen LogP contribution in [0.15, 0.2) is 48.5 Å². The maximum atomic E-state index is 12.4. The largest absolute Gasteiger partial charge is 0.399 e. The first-order valence-corrected chi connectivity index (χ1v) is 6.42. The van der Waals surface area contributed by atoms with Crippen LogP contribution in [0.4, 0.5) is 5.69 Å². The van der Waals surface area contributed by atoms with Crippen molar-refractivity contribution in [3.05, 3.63) is 65.2 Å². The van der Waals surface area contributed by atoms with E-state index in [0.29, 0.717) is 5.69 Å². The Balaban J connectivity index is 2.01. The highest BCUT2D eigenvalue weighted by Gasteiger charge is 2.37. The van der Waals surface area contributed by atoms with Gasteiger partial charge in [0, 0.05) is 11.3 Å². The average Bonchev–Trinajstić information content (AvgIpc) is 2.50. The number of benzene rings is 2. The highest BCUT2D eigenvalue weighted by molar-refractivity contribution is 6.49. The molecule has 0 saturated heterocycles. The van der Waals surface area contributed by atoms with Crippen molar-refractivity contribution in [2.75, 3.05) is 5.73 Å². The van der Waals surface area contributed by atoms with Gasteiger partial charge in [-0.1, -0.05) is 30.3 Å². The highest BCUT2D eigenvalue weighted by atomic mass is 16.2. The number of amides is 2. The number of ketones is 1. The Morgan fingerprint density at radius 3 is 2.29 bits per heavy atom. The second kappa shape index (κ2) is 4.86. The van der Waals surface area contributed by atoms with Crippen LogP contribution in [0.2, 0.25) is 0 Å². The van der Waals surface area contributed by atoms with Crippen molar-refractivity contribution in [1.29, 1.82) is 0 Å². The fourth-order valence-electron chi connectivity index (χ4n) is 2.32. The first-order chi connectivity index (χ1) is 10.1. The molecule has 0 radical (unpaired) electrons. The quantitative estimate of drug-likeness (QED) is 0.515. The van der Waals surface area contributed by atoms with E-state index in [-0.39, 0.29) is 17.7 Å². The maximum absolute atomic E-state index is 12.4. The zero-order chi connectivity index (χ0) is 15.0. The summed E-state index contributed by atoms with van der Waals surface area (Å²) in [5.41, 5.74) is 7.03. The lowest BCUT2D eigenvalue weighted by Crippen LogP contribution is -2.45. The fourth-order valence-corrected chi connectivity index (χ4v) is 2.32. The van der Waals surface area contributed by atoms with Crippen molar-refractivity contribution in [3.8, 4) is 0 Å². The molecule has 0 fully saturated rings. The van der Waals surface area contributed by atoms with Crippen molar-refractivity contribution in [1.82, 2.24) is 4.90 Å². The first-order valence-electron chi connectivity index (χ1n) is 6.42. The molecule has 0 saturated carbocycles. The lowest BCUT2D eigenvalue weighted by molar-refractivity contribution is -0.124. The summed E-state index contributed by atoms with van der Waals surface area (Å²) in [6, 6.07) is 13.4. The van der Waals surface area contributed by atoms with Crippen LogP contribution in [0.5, 0.6) is 0 Å². The SMILES string of the molecule is Nc1ccc2c(c1)C(=O)C(=O)N(Cc1ccccc1)C2=O. The summed E-state index contributed by atoms with van der Waals surface area (Å²) in [7, 11) is 0. The van der Waals surface area contributed by atoms with Gasteiger partial charge in [0.15, 0.2) is 0 Å². The number of hydrogen-bond acceptors (Lipinski definition) is 4. The molecular formula is C16H12N2O3. The van der Waals surface area contributed by atoms with Gasteiger partial charge < -0.3 is 5.73 Å². The minimum atomic E-state index is -0.818. The number of anilines is 1. The first kappa shape index (κ1) is 13.1. The molecule has 2 N–H and O–H groups in total. The Kier molecular flexibility index (Phi) is 3.02. The number of nitrogen functional groups attached to an aromatic ring is 1. The van der Waals surface area contributed by atoms with Crippen molar-refractivity contribution in [3.63, 3.8) is 0 Å². The van der Waals surface area contributed by atoms with Gasteiger partial charge in [-0.25, -0.2) is 0 Å². The van der Waals surface area contributed by atoms with Gasteiger partial charge in [0.05, 0.1) is 12.1 Å². The summed E-state index contributed by atoms with van der Waals surface area (Å²) in [4.78, 5) is 37.6. The molecule has 0 unspecified atom stereocenters. The molecule has 0 aromatic heterocycles. The zero-order valence-corrected chi connectivity index (χ0v) is 11.1. The third kappa shape index (κ3) is 2.18. The van der Waals surface area contributed by atoms with Crippen LogP contribution in [0.25, 0.3) is 0 Å². The van der Waals surface area contributed by atoms with E-state index < -0.39 is 17.6 Å². The van der Waals surface area contributed by atoms with Crippen LogP contribution < -0.4 is 5.73 Å². The van der Waals surface area contributed by atoms with Crippen LogP contribution in [0.3, 0.4) is 0 Å². The van der Waals surface area contributed by atoms with Gasteiger partial charge in [-0.05, 0) is 23.8 Å². The molecule has 0 atom stereocenters. The highest BCUT2D eigenvalue weighted by Crippen LogP contribution is 2.23. The summed E-state index contributed by atoms with van der Waals surface area (Å²) >= 11 is 0. The topological polar surface area (TPSA) is 80.5 Å². The van der Waals surface area contributed by atoms with Crippen molar-refractivity contribution in [2.45, 2.75) is 6.54 Å². The van der Waals surface area contributed by atoms with Crippen LogP contribution >= 0.6 is 0 Å². The molecule has 5 nitrogen and oxygen atoms in total. The lowest BCUT2D eigenvalue weighted by Gasteiger charge is -2.25. The van der Waals surface area contributed by atoms with Crippen LogP contribution in [0, 0.1) is 0 Å². The third-order valence-electron chi connectivity index (χ3n) is 3.39. The Morgan fingerprint density at radius 2 is 1.57 bits per heavy atom. The molecule has 1 heterocycles. The summed E-state index contributed by atoms with van der Waals surface area (Å²) in [6.45, 7) is 0.0774. The van der Waals surface area contributed by atoms with Gasteiger partial charge in [0.1, 0.15) is 0 Å². The van der Waals surface area contributed by atoms with E-state index in [1.54, 1.807) is 18.2 Å². The molecular weight excluding hydrogens is 268 g/mol. The number of nitrogens with two attached hydrogens (primary N) is 1. The van der Waals surface area contributed by atoms with Crippen LogP contribution in [-0.4, -0.2) is 22.5 Å². The van der Waals surface area contributed by atoms with Gasteiger partial charge in [-0.3, -0.25) is 19.3 Å². The number of rotatable bonds is 2. The van der Waals surface area contributed by atoms with E-state index in [1.165, 1.54) is 12.1 Å². The molecule has 2 amide bonds. The van der Waals surface area contributed by atoms with E-state index in [9.17, 15) is 14.4 Å². The number of Topliss-reactive ketones (excluding diaryl/α,β-unsaturated/α-hetero) is 1. The Bertz CT molecular complexity index is 753. The minimum absolute atomic E-state index is 0.0774. The van der Waals surface area contributed by atoms with E-state index in [1.807, 2.05) is 18.2 Å². The van der Waals surface area contributed by atoms with E-state index >= 15 is 0 Å². The molecule has 5 heteroatoms. The molecule has 0 bridgehead atoms. The fraction of sp³-hybridized carbons (Fsp3) is 0.0625. The summed E-state index contributed by atoms with van der Waals surface area (Å²) in [5, 5.41) is 0. The number of fused-ring (bicyclic) bond motifs is 1. The summed E-state index contributed by atoms with van der Waals surface area (Å²) in [6.07, 6.45) is 0. The van der Waals surface area contributed by atoms with Gasteiger partial charge in [-0.15, -0.1) is 0 Å². The Hall–Kier alpha value is -2.95. The third-order valence-corrected chi connectivity index (χ3v) is 3.39. The average molecular weight is 280 g/mol. The van der Waals surface area contributed by atoms with E-state index in [0.717, 1.165) is 10.5 Å². The smallest absolute Gasteiger partial charge is 0.302 e. The Morgan fingerprint density at radius 1 is 0.857 bits per heavy atom. The second-order valence-corrected chi connectivity index (χ2v) is 4.82. The standard InChI is InChI=1S/C16H12N2O3/c17-11-6-7-12-13(8-11)14(19)16(21)18(15(12)20)9-10-4-2-1-3-5-10/h1-8H,9,17H2. The van der Waals surface area contributed by atoms with Crippen molar-refractivity contribution >= 4 is 23.3 Å². The normalized spacial score (nSPS) is 14.3. The molecule has 1 aliphatic rings. The molecule has 0 spiro atoms. The summed E-state index contributed by atoms with van der Waals surface area (Å²) in [5.74, 6) is -1.99. The number of hydrogen-bond donors (Lipinski definition) is 1. The zero-order valence-electron chi connectivity index (χ0n) is 11.1. The van der Waals surface area contributed by atoms with Gasteiger partial charge in [0.2, 0.25) is 0 Å². The minimum Gasteiger partial charge on any atom is -0.399 e. The van der Waals surface area contributed by atoms with E-state index in [4.69, 9.17) is 5.73 Å². The van der Waals surface area contributed by atoms with Crippen molar-refractivity contribution < 1.29 is 14.4 Å². The number of carbonyl (C=O) groups is 3. The van der Waals surface area contributed by atoms with Gasteiger partial charge >= 0.3 is 5.91 Å². The number of carbonyl (C=O) groups excluding carboxylic acids is 3. The van der Waals surface area contributed by atoms with Gasteiger partial charge in [-0.2, -0.15) is 0 Å². The van der Waals surface area contributed by atoms with Crippen LogP contribution in [0.1, 0.15) is 26.3 Å². The number of nitrogens with zero attached hydrogens (tertiary/aromatic N) is 1. The van der Waals surface area contributed by atoms with Crippen molar-refractivity contribution in [2.24, 2.45) is 0 Å². The lowest BCUT2D eigenvalue weighted by atomic mass is 9.96. The Labute approximate surface area is 121 Å². The molecule has 2 aromatic rings. The monoisotopic (exact) mass is 280 g/mol. The van der Waals surface area contributed by atoms with E-state index in [2.05, 4.69) is 0 Å². The molecule has 0 aliphatic carbocycles. The second-order valence-electron chi connectivity index (χ2n) is 4.82. The number of imide groups is 1. The predicted molar refractivity (Wildman–Crippen MR) is 76.5 cm³/mol. The summed E-state index contributed by atoms with van der Waals surface area (Å²) < 4.78 is 0. The molecule has 3 rings (SSSR count). The molecule has 2 aromatic carbocycles. The van der Waals surface area contributed by atoms with Gasteiger partial charge in [0.25, 0.3) is 11.7 Å². The molecule has 104 valence electrons. The predicted octanol–water partition coefficient (Wildman–Crippen LogP) is 1.63. The maximum Gasteiger partial charge on any atom is 0.302 e.